The van der Waals surface area contributed by atoms with E-state index in [2.05, 4.69) is 28.6 Å². The van der Waals surface area contributed by atoms with Crippen LogP contribution in [0, 0.1) is 0 Å². The number of benzene rings is 2. The Morgan fingerprint density at radius 1 is 1.11 bits per heavy atom. The largest absolute Gasteiger partial charge is 0.508 e. The van der Waals surface area contributed by atoms with Gasteiger partial charge in [0.2, 0.25) is 0 Å². The van der Waals surface area contributed by atoms with Gasteiger partial charge >= 0.3 is 0 Å². The van der Waals surface area contributed by atoms with Gasteiger partial charge in [0, 0.05) is 12.1 Å². The monoisotopic (exact) mass is 238 g/mol. The first-order valence-electron chi connectivity index (χ1n) is 6.03. The number of phenols is 1. The minimum absolute atomic E-state index is 0.282. The van der Waals surface area contributed by atoms with E-state index in [1.807, 2.05) is 24.5 Å². The molecule has 3 aromatic rings. The summed E-state index contributed by atoms with van der Waals surface area (Å²) in [4.78, 5) is 4.49. The lowest BCUT2D eigenvalue weighted by atomic mass is 10.0. The van der Waals surface area contributed by atoms with Gasteiger partial charge in [0.15, 0.2) is 0 Å². The molecule has 18 heavy (non-hydrogen) atoms. The van der Waals surface area contributed by atoms with Crippen LogP contribution < -0.4 is 0 Å². The summed E-state index contributed by atoms with van der Waals surface area (Å²) in [5.41, 5.74) is 4.31. The molecule has 0 aliphatic heterocycles. The normalized spacial score (nSPS) is 10.9. The molecule has 0 atom stereocenters. The zero-order chi connectivity index (χ0) is 12.5. The highest BCUT2D eigenvalue weighted by atomic mass is 16.3. The maximum Gasteiger partial charge on any atom is 0.115 e. The zero-order valence-corrected chi connectivity index (χ0v) is 10.2. The highest BCUT2D eigenvalue weighted by Crippen LogP contribution is 2.28. The number of aromatic hydroxyl groups is 1. The van der Waals surface area contributed by atoms with Crippen molar-refractivity contribution in [2.75, 3.05) is 0 Å². The van der Waals surface area contributed by atoms with Crippen molar-refractivity contribution in [2.24, 2.45) is 0 Å². The number of nitrogens with zero attached hydrogens (tertiary/aromatic N) is 2. The van der Waals surface area contributed by atoms with Gasteiger partial charge in [0.25, 0.3) is 0 Å². The van der Waals surface area contributed by atoms with Crippen molar-refractivity contribution < 1.29 is 5.11 Å². The van der Waals surface area contributed by atoms with Gasteiger partial charge in [0.1, 0.15) is 5.75 Å². The molecule has 0 aliphatic rings. The molecule has 1 heterocycles. The Morgan fingerprint density at radius 2 is 1.89 bits per heavy atom. The van der Waals surface area contributed by atoms with Gasteiger partial charge in [-0.1, -0.05) is 24.3 Å². The molecule has 3 heteroatoms. The maximum atomic E-state index is 9.34. The molecule has 0 radical (unpaired) electrons. The summed E-state index contributed by atoms with van der Waals surface area (Å²) in [6, 6.07) is 13.4. The van der Waals surface area contributed by atoms with E-state index in [0.717, 1.165) is 28.7 Å². The Morgan fingerprint density at radius 3 is 2.61 bits per heavy atom. The Balaban J connectivity index is 2.23. The molecule has 0 amide bonds. The van der Waals surface area contributed by atoms with Gasteiger partial charge in [-0.25, -0.2) is 4.98 Å². The summed E-state index contributed by atoms with van der Waals surface area (Å²) < 4.78 is 2.12. The Bertz CT molecular complexity index is 683. The van der Waals surface area contributed by atoms with E-state index in [1.165, 1.54) is 0 Å². The number of aryl methyl sites for hydroxylation is 1. The van der Waals surface area contributed by atoms with Crippen LogP contribution in [0.25, 0.3) is 22.2 Å². The van der Waals surface area contributed by atoms with Crippen molar-refractivity contribution in [2.45, 2.75) is 13.5 Å². The topological polar surface area (TPSA) is 38.0 Å². The number of hydrogen-bond donors (Lipinski definition) is 1. The highest BCUT2D eigenvalue weighted by Gasteiger charge is 2.07. The molecule has 0 aliphatic carbocycles. The minimum Gasteiger partial charge on any atom is -0.508 e. The van der Waals surface area contributed by atoms with Crippen LogP contribution >= 0.6 is 0 Å². The fraction of sp³-hybridized carbons (Fsp3) is 0.133. The van der Waals surface area contributed by atoms with Gasteiger partial charge in [-0.05, 0) is 30.7 Å². The molecule has 2 aromatic carbocycles. The Labute approximate surface area is 105 Å². The van der Waals surface area contributed by atoms with Crippen LogP contribution in [0.4, 0.5) is 0 Å². The van der Waals surface area contributed by atoms with Crippen molar-refractivity contribution in [3.8, 4) is 16.9 Å². The molecule has 0 unspecified atom stereocenters. The number of fused-ring (bicyclic) bond motifs is 1. The molecule has 0 saturated carbocycles. The summed E-state index contributed by atoms with van der Waals surface area (Å²) >= 11 is 0. The van der Waals surface area contributed by atoms with E-state index in [1.54, 1.807) is 12.1 Å². The first-order valence-corrected chi connectivity index (χ1v) is 6.03. The molecule has 0 bridgehead atoms. The van der Waals surface area contributed by atoms with E-state index in [4.69, 9.17) is 0 Å². The predicted molar refractivity (Wildman–Crippen MR) is 72.5 cm³/mol. The summed E-state index contributed by atoms with van der Waals surface area (Å²) in [7, 11) is 0. The molecule has 0 saturated heterocycles. The number of phenolic OH excluding ortho intramolecular Hbond substituents is 1. The maximum absolute atomic E-state index is 9.34. The lowest BCUT2D eigenvalue weighted by molar-refractivity contribution is 0.475. The van der Waals surface area contributed by atoms with Crippen LogP contribution in [0.3, 0.4) is 0 Å². The van der Waals surface area contributed by atoms with Crippen molar-refractivity contribution in [1.82, 2.24) is 9.55 Å². The molecule has 1 aromatic heterocycles. The number of imidazole rings is 1. The molecule has 3 nitrogen and oxygen atoms in total. The fourth-order valence-corrected chi connectivity index (χ4v) is 2.21. The third-order valence-electron chi connectivity index (χ3n) is 3.17. The number of hydrogen-bond acceptors (Lipinski definition) is 2. The first-order chi connectivity index (χ1) is 8.79. The van der Waals surface area contributed by atoms with Gasteiger partial charge in [-0.2, -0.15) is 0 Å². The van der Waals surface area contributed by atoms with Gasteiger partial charge < -0.3 is 9.67 Å². The molecule has 3 rings (SSSR count). The second-order valence-electron chi connectivity index (χ2n) is 4.25. The molecular weight excluding hydrogens is 224 g/mol. The van der Waals surface area contributed by atoms with Crippen molar-refractivity contribution >= 4 is 11.0 Å². The second kappa shape index (κ2) is 4.18. The summed E-state index contributed by atoms with van der Waals surface area (Å²) in [6.07, 6.45) is 1.87. The summed E-state index contributed by atoms with van der Waals surface area (Å²) in [5.74, 6) is 0.282. The SMILES string of the molecule is CCn1cnc2c(-c3ccc(O)cc3)cccc21. The Hall–Kier alpha value is -2.29. The van der Waals surface area contributed by atoms with E-state index in [0.29, 0.717) is 0 Å². The van der Waals surface area contributed by atoms with E-state index in [-0.39, 0.29) is 5.75 Å². The average molecular weight is 238 g/mol. The van der Waals surface area contributed by atoms with Crippen LogP contribution in [0.2, 0.25) is 0 Å². The van der Waals surface area contributed by atoms with E-state index < -0.39 is 0 Å². The van der Waals surface area contributed by atoms with Crippen LogP contribution in [0.1, 0.15) is 6.92 Å². The van der Waals surface area contributed by atoms with Crippen LogP contribution in [-0.4, -0.2) is 14.7 Å². The van der Waals surface area contributed by atoms with Gasteiger partial charge in [0.05, 0.1) is 17.4 Å². The lowest BCUT2D eigenvalue weighted by Crippen LogP contribution is -1.90. The van der Waals surface area contributed by atoms with Crippen molar-refractivity contribution in [3.05, 3.63) is 48.8 Å². The van der Waals surface area contributed by atoms with Crippen molar-refractivity contribution in [1.29, 1.82) is 0 Å². The number of para-hydroxylation sites is 1. The number of rotatable bonds is 2. The third-order valence-corrected chi connectivity index (χ3v) is 3.17. The van der Waals surface area contributed by atoms with Crippen LogP contribution in [0.15, 0.2) is 48.8 Å². The number of aromatic nitrogens is 2. The van der Waals surface area contributed by atoms with E-state index >= 15 is 0 Å². The standard InChI is InChI=1S/C15H14N2O/c1-2-17-10-16-15-13(4-3-5-14(15)17)11-6-8-12(18)9-7-11/h3-10,18H,2H2,1H3. The molecule has 0 fully saturated rings. The van der Waals surface area contributed by atoms with Gasteiger partial charge in [-0.3, -0.25) is 0 Å². The first kappa shape index (κ1) is 10.8. The molecule has 0 spiro atoms. The summed E-state index contributed by atoms with van der Waals surface area (Å²) in [5, 5.41) is 9.34. The molecule has 1 N–H and O–H groups in total. The lowest BCUT2D eigenvalue weighted by Gasteiger charge is -2.04. The average Bonchev–Trinajstić information content (AvgIpc) is 2.82. The predicted octanol–water partition coefficient (Wildman–Crippen LogP) is 3.43. The van der Waals surface area contributed by atoms with Gasteiger partial charge in [-0.15, -0.1) is 0 Å². The zero-order valence-electron chi connectivity index (χ0n) is 10.2. The third kappa shape index (κ3) is 1.64. The minimum atomic E-state index is 0.282. The van der Waals surface area contributed by atoms with E-state index in [9.17, 15) is 5.11 Å². The Kier molecular flexibility index (Phi) is 2.52. The second-order valence-corrected chi connectivity index (χ2v) is 4.25. The quantitative estimate of drug-likeness (QED) is 0.742. The van der Waals surface area contributed by atoms with Crippen LogP contribution in [0.5, 0.6) is 5.75 Å². The molecule has 90 valence electrons. The van der Waals surface area contributed by atoms with Crippen LogP contribution in [-0.2, 0) is 6.54 Å². The fourth-order valence-electron chi connectivity index (χ4n) is 2.21. The highest BCUT2D eigenvalue weighted by molar-refractivity contribution is 5.92. The smallest absolute Gasteiger partial charge is 0.115 e. The summed E-state index contributed by atoms with van der Waals surface area (Å²) in [6.45, 7) is 3.02. The molecular formula is C15H14N2O. The van der Waals surface area contributed by atoms with Crippen molar-refractivity contribution in [3.63, 3.8) is 0 Å².